The van der Waals surface area contributed by atoms with Crippen LogP contribution in [-0.2, 0) is 0 Å². The molecule has 0 aromatic carbocycles. The van der Waals surface area contributed by atoms with E-state index in [1.165, 1.54) is 6.21 Å². The fourth-order valence-corrected chi connectivity index (χ4v) is 1.63. The molecule has 0 aliphatic heterocycles. The number of hydrogen-bond donors (Lipinski definition) is 2. The van der Waals surface area contributed by atoms with Gasteiger partial charge in [-0.05, 0) is 30.7 Å². The Labute approximate surface area is 94.3 Å². The first-order valence-corrected chi connectivity index (χ1v) is 4.89. The first kappa shape index (κ1) is 11.5. The number of hydrogen-bond acceptors (Lipinski definition) is 6. The van der Waals surface area contributed by atoms with Crippen LogP contribution in [-0.4, -0.2) is 20.6 Å². The van der Waals surface area contributed by atoms with E-state index in [1.54, 1.807) is 6.92 Å². The summed E-state index contributed by atoms with van der Waals surface area (Å²) in [6.45, 7) is 1.56. The Morgan fingerprint density at radius 3 is 3.07 bits per heavy atom. The third-order valence-electron chi connectivity index (χ3n) is 1.40. The molecule has 0 saturated carbocycles. The van der Waals surface area contributed by atoms with Crippen LogP contribution in [0.3, 0.4) is 0 Å². The van der Waals surface area contributed by atoms with Crippen LogP contribution in [0, 0.1) is 17.0 Å². The molecule has 0 atom stereocenters. The van der Waals surface area contributed by atoms with E-state index >= 15 is 0 Å². The van der Waals surface area contributed by atoms with Crippen molar-refractivity contribution in [3.8, 4) is 0 Å². The van der Waals surface area contributed by atoms with Gasteiger partial charge in [-0.3, -0.25) is 15.5 Å². The number of nitrogens with one attached hydrogen (secondary N) is 1. The van der Waals surface area contributed by atoms with E-state index in [-0.39, 0.29) is 10.8 Å². The lowest BCUT2D eigenvalue weighted by Gasteiger charge is -1.92. The Bertz CT molecular complexity index is 427. The van der Waals surface area contributed by atoms with E-state index in [0.717, 1.165) is 11.5 Å². The van der Waals surface area contributed by atoms with Crippen molar-refractivity contribution in [2.45, 2.75) is 6.92 Å². The van der Waals surface area contributed by atoms with Crippen LogP contribution < -0.4 is 11.2 Å². The topological polar surface area (TPSA) is 106 Å². The van der Waals surface area contributed by atoms with E-state index in [0.29, 0.717) is 10.6 Å². The van der Waals surface area contributed by atoms with Crippen molar-refractivity contribution in [2.24, 2.45) is 10.8 Å². The van der Waals surface area contributed by atoms with Gasteiger partial charge in [0.2, 0.25) is 0 Å². The quantitative estimate of drug-likeness (QED) is 0.348. The van der Waals surface area contributed by atoms with E-state index in [1.807, 2.05) is 0 Å². The van der Waals surface area contributed by atoms with Crippen molar-refractivity contribution in [3.63, 3.8) is 0 Å². The number of aromatic nitrogens is 1. The molecule has 1 aromatic rings. The van der Waals surface area contributed by atoms with Gasteiger partial charge in [-0.1, -0.05) is 0 Å². The van der Waals surface area contributed by atoms with Gasteiger partial charge in [0.1, 0.15) is 10.6 Å². The molecule has 1 aromatic heterocycles. The molecular weight excluding hydrogens is 238 g/mol. The highest BCUT2D eigenvalue weighted by molar-refractivity contribution is 7.80. The molecule has 15 heavy (non-hydrogen) atoms. The van der Waals surface area contributed by atoms with Crippen LogP contribution in [0.25, 0.3) is 0 Å². The summed E-state index contributed by atoms with van der Waals surface area (Å²) >= 11 is 5.50. The first-order chi connectivity index (χ1) is 7.02. The number of hydrazone groups is 1. The lowest BCUT2D eigenvalue weighted by atomic mass is 10.3. The first-order valence-electron chi connectivity index (χ1n) is 3.71. The van der Waals surface area contributed by atoms with Gasteiger partial charge in [-0.25, -0.2) is 0 Å². The monoisotopic (exact) mass is 245 g/mol. The smallest absolute Gasteiger partial charge is 0.311 e. The maximum Gasteiger partial charge on any atom is 0.311 e. The molecule has 0 saturated heterocycles. The Balaban J connectivity index is 2.90. The Hall–Kier alpha value is -1.61. The van der Waals surface area contributed by atoms with Crippen molar-refractivity contribution in [3.05, 3.63) is 20.7 Å². The second kappa shape index (κ2) is 4.75. The highest BCUT2D eigenvalue weighted by Crippen LogP contribution is 2.24. The Morgan fingerprint density at radius 2 is 2.53 bits per heavy atom. The van der Waals surface area contributed by atoms with Crippen LogP contribution in [0.4, 0.5) is 5.69 Å². The fraction of sp³-hybridized carbons (Fsp3) is 0.167. The van der Waals surface area contributed by atoms with Gasteiger partial charge >= 0.3 is 5.69 Å². The Morgan fingerprint density at radius 1 is 1.87 bits per heavy atom. The van der Waals surface area contributed by atoms with E-state index in [2.05, 4.69) is 27.1 Å². The number of rotatable bonds is 3. The molecule has 0 unspecified atom stereocenters. The highest BCUT2D eigenvalue weighted by atomic mass is 32.1. The largest absolute Gasteiger partial charge is 0.375 e. The number of thiocarbonyl (C=S) groups is 1. The molecule has 0 bridgehead atoms. The van der Waals surface area contributed by atoms with Gasteiger partial charge in [0, 0.05) is 0 Å². The molecule has 1 heterocycles. The standard InChI is InChI=1S/C6H7N5O2S2/c1-3-5(11(12)13)4(15-10-3)2-8-9-6(7)14/h2H,1H3,(H3,7,9,14)/b8-2+. The summed E-state index contributed by atoms with van der Waals surface area (Å²) in [5.41, 5.74) is 7.74. The second-order valence-electron chi connectivity index (χ2n) is 2.47. The van der Waals surface area contributed by atoms with Crippen LogP contribution >= 0.6 is 23.8 Å². The summed E-state index contributed by atoms with van der Waals surface area (Å²) in [6, 6.07) is 0. The molecule has 0 aliphatic carbocycles. The second-order valence-corrected chi connectivity index (χ2v) is 3.72. The van der Waals surface area contributed by atoms with Crippen molar-refractivity contribution >= 4 is 40.8 Å². The summed E-state index contributed by atoms with van der Waals surface area (Å²) in [6.07, 6.45) is 1.27. The van der Waals surface area contributed by atoms with Gasteiger partial charge < -0.3 is 5.73 Å². The molecule has 7 nitrogen and oxygen atoms in total. The van der Waals surface area contributed by atoms with Crippen molar-refractivity contribution in [1.29, 1.82) is 0 Å². The summed E-state index contributed by atoms with van der Waals surface area (Å²) in [4.78, 5) is 10.5. The zero-order valence-electron chi connectivity index (χ0n) is 7.63. The van der Waals surface area contributed by atoms with Crippen molar-refractivity contribution in [1.82, 2.24) is 9.80 Å². The van der Waals surface area contributed by atoms with Crippen molar-refractivity contribution in [2.75, 3.05) is 0 Å². The van der Waals surface area contributed by atoms with Crippen LogP contribution in [0.5, 0.6) is 0 Å². The molecule has 0 spiro atoms. The van der Waals surface area contributed by atoms with E-state index in [9.17, 15) is 10.1 Å². The zero-order valence-corrected chi connectivity index (χ0v) is 9.26. The maximum absolute atomic E-state index is 10.6. The maximum atomic E-state index is 10.6. The molecule has 0 radical (unpaired) electrons. The normalized spacial score (nSPS) is 10.5. The number of nitrogens with zero attached hydrogens (tertiary/aromatic N) is 3. The minimum absolute atomic E-state index is 0.00450. The van der Waals surface area contributed by atoms with Gasteiger partial charge in [0.15, 0.2) is 5.11 Å². The minimum Gasteiger partial charge on any atom is -0.375 e. The average Bonchev–Trinajstić information content (AvgIpc) is 2.46. The number of nitrogens with two attached hydrogens (primary N) is 1. The van der Waals surface area contributed by atoms with Gasteiger partial charge in [-0.15, -0.1) is 0 Å². The summed E-state index contributed by atoms with van der Waals surface area (Å²) in [7, 11) is 0. The third-order valence-corrected chi connectivity index (χ3v) is 2.35. The molecule has 80 valence electrons. The van der Waals surface area contributed by atoms with Gasteiger partial charge in [-0.2, -0.15) is 9.47 Å². The average molecular weight is 245 g/mol. The van der Waals surface area contributed by atoms with Gasteiger partial charge in [0.05, 0.1) is 11.1 Å². The SMILES string of the molecule is Cc1nsc(/C=N/NC(N)=S)c1[N+](=O)[O-]. The van der Waals surface area contributed by atoms with Crippen LogP contribution in [0.2, 0.25) is 0 Å². The number of aryl methyl sites for hydroxylation is 1. The van der Waals surface area contributed by atoms with Crippen molar-refractivity contribution < 1.29 is 4.92 Å². The van der Waals surface area contributed by atoms with E-state index in [4.69, 9.17) is 5.73 Å². The molecule has 3 N–H and O–H groups in total. The fourth-order valence-electron chi connectivity index (χ4n) is 0.844. The minimum atomic E-state index is -0.499. The zero-order chi connectivity index (χ0) is 11.4. The Kier molecular flexibility index (Phi) is 3.63. The van der Waals surface area contributed by atoms with Gasteiger partial charge in [0.25, 0.3) is 0 Å². The highest BCUT2D eigenvalue weighted by Gasteiger charge is 2.19. The lowest BCUT2D eigenvalue weighted by molar-refractivity contribution is -0.385. The number of nitro groups is 1. The predicted molar refractivity (Wildman–Crippen MR) is 61.0 cm³/mol. The molecule has 0 fully saturated rings. The summed E-state index contributed by atoms with van der Waals surface area (Å²) in [5.74, 6) is 0. The molecule has 0 amide bonds. The van der Waals surface area contributed by atoms with Crippen LogP contribution in [0.15, 0.2) is 5.10 Å². The van der Waals surface area contributed by atoms with E-state index < -0.39 is 4.92 Å². The van der Waals surface area contributed by atoms with Crippen LogP contribution in [0.1, 0.15) is 10.6 Å². The molecule has 1 rings (SSSR count). The molecular formula is C6H7N5O2S2. The summed E-state index contributed by atoms with van der Waals surface area (Å²) < 4.78 is 3.85. The molecule has 9 heteroatoms. The lowest BCUT2D eigenvalue weighted by Crippen LogP contribution is -2.23. The predicted octanol–water partition coefficient (Wildman–Crippen LogP) is 0.527. The molecule has 0 aliphatic rings. The third kappa shape index (κ3) is 2.92. The summed E-state index contributed by atoms with van der Waals surface area (Å²) in [5, 5.41) is 14.3.